The minimum absolute atomic E-state index is 0.231. The maximum absolute atomic E-state index is 4.21. The van der Waals surface area contributed by atoms with Gasteiger partial charge in [-0.3, -0.25) is 0 Å². The van der Waals surface area contributed by atoms with Gasteiger partial charge in [-0.15, -0.1) is 11.3 Å². The molecule has 0 atom stereocenters. The molecule has 0 aliphatic carbocycles. The standard InChI is InChI=1S/C11H21N3S/c1-11(2,3)14-6-4-5-12-9-10-13-7-8-15-10/h7-8,12,14H,4-6,9H2,1-3H3. The van der Waals surface area contributed by atoms with Crippen LogP contribution in [0.4, 0.5) is 0 Å². The van der Waals surface area contributed by atoms with Crippen molar-refractivity contribution in [3.63, 3.8) is 0 Å². The number of rotatable bonds is 6. The molecule has 0 aliphatic heterocycles. The van der Waals surface area contributed by atoms with Crippen LogP contribution in [0.25, 0.3) is 0 Å². The van der Waals surface area contributed by atoms with Crippen molar-refractivity contribution in [2.45, 2.75) is 39.3 Å². The van der Waals surface area contributed by atoms with Gasteiger partial charge in [-0.05, 0) is 40.3 Å². The second-order valence-electron chi connectivity index (χ2n) is 4.63. The van der Waals surface area contributed by atoms with Gasteiger partial charge < -0.3 is 10.6 Å². The van der Waals surface area contributed by atoms with Crippen LogP contribution in [0.2, 0.25) is 0 Å². The lowest BCUT2D eigenvalue weighted by Crippen LogP contribution is -2.37. The van der Waals surface area contributed by atoms with E-state index < -0.39 is 0 Å². The van der Waals surface area contributed by atoms with Crippen molar-refractivity contribution in [3.8, 4) is 0 Å². The Morgan fingerprint density at radius 1 is 1.33 bits per heavy atom. The van der Waals surface area contributed by atoms with Crippen molar-refractivity contribution in [2.24, 2.45) is 0 Å². The first kappa shape index (κ1) is 12.6. The molecule has 4 heteroatoms. The van der Waals surface area contributed by atoms with E-state index in [1.807, 2.05) is 11.6 Å². The molecular weight excluding hydrogens is 206 g/mol. The van der Waals surface area contributed by atoms with Crippen LogP contribution in [0.3, 0.4) is 0 Å². The Hall–Kier alpha value is -0.450. The average Bonchev–Trinajstić information content (AvgIpc) is 2.61. The molecule has 1 heterocycles. The maximum atomic E-state index is 4.21. The Bertz CT molecular complexity index is 251. The van der Waals surface area contributed by atoms with E-state index in [1.165, 1.54) is 5.01 Å². The van der Waals surface area contributed by atoms with E-state index in [9.17, 15) is 0 Å². The Balaban J connectivity index is 1.94. The predicted molar refractivity (Wildman–Crippen MR) is 66.2 cm³/mol. The molecule has 1 rings (SSSR count). The number of hydrogen-bond acceptors (Lipinski definition) is 4. The summed E-state index contributed by atoms with van der Waals surface area (Å²) in [6, 6.07) is 0. The molecule has 0 saturated carbocycles. The van der Waals surface area contributed by atoms with Gasteiger partial charge in [0.2, 0.25) is 0 Å². The first-order valence-electron chi connectivity index (χ1n) is 5.42. The van der Waals surface area contributed by atoms with Crippen molar-refractivity contribution in [1.82, 2.24) is 15.6 Å². The van der Waals surface area contributed by atoms with Crippen molar-refractivity contribution in [3.05, 3.63) is 16.6 Å². The van der Waals surface area contributed by atoms with Gasteiger partial charge in [-0.25, -0.2) is 4.98 Å². The number of nitrogens with zero attached hydrogens (tertiary/aromatic N) is 1. The molecule has 1 aromatic heterocycles. The minimum Gasteiger partial charge on any atom is -0.312 e. The SMILES string of the molecule is CC(C)(C)NCCCNCc1nccs1. The molecule has 0 aliphatic rings. The van der Waals surface area contributed by atoms with Crippen molar-refractivity contribution in [1.29, 1.82) is 0 Å². The number of nitrogens with one attached hydrogen (secondary N) is 2. The third-order valence-electron chi connectivity index (χ3n) is 1.95. The largest absolute Gasteiger partial charge is 0.312 e. The fourth-order valence-corrected chi connectivity index (χ4v) is 1.80. The molecule has 15 heavy (non-hydrogen) atoms. The normalized spacial score (nSPS) is 11.9. The molecular formula is C11H21N3S. The summed E-state index contributed by atoms with van der Waals surface area (Å²) in [6.07, 6.45) is 3.01. The quantitative estimate of drug-likeness (QED) is 0.730. The van der Waals surface area contributed by atoms with E-state index in [1.54, 1.807) is 11.3 Å². The molecule has 0 spiro atoms. The summed E-state index contributed by atoms with van der Waals surface area (Å²) in [6.45, 7) is 9.58. The second-order valence-corrected chi connectivity index (χ2v) is 5.61. The average molecular weight is 227 g/mol. The van der Waals surface area contributed by atoms with E-state index in [0.717, 1.165) is 26.1 Å². The van der Waals surface area contributed by atoms with Crippen LogP contribution < -0.4 is 10.6 Å². The monoisotopic (exact) mass is 227 g/mol. The van der Waals surface area contributed by atoms with Gasteiger partial charge in [0, 0.05) is 23.7 Å². The molecule has 0 saturated heterocycles. The lowest BCUT2D eigenvalue weighted by Gasteiger charge is -2.20. The third kappa shape index (κ3) is 6.60. The highest BCUT2D eigenvalue weighted by atomic mass is 32.1. The zero-order valence-corrected chi connectivity index (χ0v) is 10.7. The Labute approximate surface area is 96.3 Å². The highest BCUT2D eigenvalue weighted by Gasteiger charge is 2.06. The zero-order valence-electron chi connectivity index (χ0n) is 9.84. The van der Waals surface area contributed by atoms with Crippen LogP contribution in [0.15, 0.2) is 11.6 Å². The van der Waals surface area contributed by atoms with Crippen molar-refractivity contribution >= 4 is 11.3 Å². The topological polar surface area (TPSA) is 37.0 Å². The fourth-order valence-electron chi connectivity index (χ4n) is 1.21. The van der Waals surface area contributed by atoms with Gasteiger partial charge in [0.1, 0.15) is 5.01 Å². The molecule has 0 bridgehead atoms. The number of aromatic nitrogens is 1. The first-order valence-corrected chi connectivity index (χ1v) is 6.30. The predicted octanol–water partition coefficient (Wildman–Crippen LogP) is 2.01. The van der Waals surface area contributed by atoms with Crippen molar-refractivity contribution < 1.29 is 0 Å². The summed E-state index contributed by atoms with van der Waals surface area (Å²) in [4.78, 5) is 4.21. The smallest absolute Gasteiger partial charge is 0.106 e. The van der Waals surface area contributed by atoms with Crippen LogP contribution >= 0.6 is 11.3 Å². The maximum Gasteiger partial charge on any atom is 0.106 e. The molecule has 0 fully saturated rings. The molecule has 0 unspecified atom stereocenters. The van der Waals surface area contributed by atoms with Crippen LogP contribution in [-0.4, -0.2) is 23.6 Å². The summed E-state index contributed by atoms with van der Waals surface area (Å²) in [5, 5.41) is 10.0. The summed E-state index contributed by atoms with van der Waals surface area (Å²) < 4.78 is 0. The third-order valence-corrected chi connectivity index (χ3v) is 2.72. The molecule has 3 nitrogen and oxygen atoms in total. The van der Waals surface area contributed by atoms with Gasteiger partial charge in [0.25, 0.3) is 0 Å². The molecule has 0 aromatic carbocycles. The van der Waals surface area contributed by atoms with Crippen LogP contribution in [0, 0.1) is 0 Å². The Morgan fingerprint density at radius 3 is 2.73 bits per heavy atom. The van der Waals surface area contributed by atoms with E-state index in [4.69, 9.17) is 0 Å². The molecule has 0 amide bonds. The van der Waals surface area contributed by atoms with Gasteiger partial charge in [-0.2, -0.15) is 0 Å². The van der Waals surface area contributed by atoms with Gasteiger partial charge >= 0.3 is 0 Å². The van der Waals surface area contributed by atoms with Crippen molar-refractivity contribution in [2.75, 3.05) is 13.1 Å². The number of hydrogen-bond donors (Lipinski definition) is 2. The molecule has 2 N–H and O–H groups in total. The Morgan fingerprint density at radius 2 is 2.13 bits per heavy atom. The van der Waals surface area contributed by atoms with E-state index >= 15 is 0 Å². The minimum atomic E-state index is 0.231. The summed E-state index contributed by atoms with van der Waals surface area (Å²) in [5.41, 5.74) is 0.231. The van der Waals surface area contributed by atoms with Gasteiger partial charge in [0.05, 0.1) is 0 Å². The lowest BCUT2D eigenvalue weighted by atomic mass is 10.1. The second kappa shape index (κ2) is 6.20. The van der Waals surface area contributed by atoms with Crippen LogP contribution in [-0.2, 0) is 6.54 Å². The lowest BCUT2D eigenvalue weighted by molar-refractivity contribution is 0.418. The summed E-state index contributed by atoms with van der Waals surface area (Å²) in [7, 11) is 0. The fraction of sp³-hybridized carbons (Fsp3) is 0.727. The highest BCUT2D eigenvalue weighted by molar-refractivity contribution is 7.09. The van der Waals surface area contributed by atoms with E-state index in [-0.39, 0.29) is 5.54 Å². The van der Waals surface area contributed by atoms with Gasteiger partial charge in [0.15, 0.2) is 0 Å². The molecule has 0 radical (unpaired) electrons. The van der Waals surface area contributed by atoms with Gasteiger partial charge in [-0.1, -0.05) is 0 Å². The summed E-state index contributed by atoms with van der Waals surface area (Å²) in [5.74, 6) is 0. The van der Waals surface area contributed by atoms with E-state index in [2.05, 4.69) is 36.4 Å². The summed E-state index contributed by atoms with van der Waals surface area (Å²) >= 11 is 1.70. The van der Waals surface area contributed by atoms with E-state index in [0.29, 0.717) is 0 Å². The number of thiazole rings is 1. The van der Waals surface area contributed by atoms with Crippen LogP contribution in [0.5, 0.6) is 0 Å². The molecule has 86 valence electrons. The zero-order chi connectivity index (χ0) is 11.1. The Kier molecular flexibility index (Phi) is 5.22. The molecule has 1 aromatic rings. The highest BCUT2D eigenvalue weighted by Crippen LogP contribution is 2.02. The van der Waals surface area contributed by atoms with Crippen LogP contribution in [0.1, 0.15) is 32.2 Å². The first-order chi connectivity index (χ1) is 7.08.